The van der Waals surface area contributed by atoms with Crippen LogP contribution in [-0.2, 0) is 11.2 Å². The number of rotatable bonds is 6. The molecule has 3 heteroatoms. The third-order valence-corrected chi connectivity index (χ3v) is 4.20. The predicted octanol–water partition coefficient (Wildman–Crippen LogP) is 3.59. The number of ketones is 1. The fourth-order valence-corrected chi connectivity index (χ4v) is 2.80. The second-order valence-electron chi connectivity index (χ2n) is 4.82. The van der Waals surface area contributed by atoms with E-state index in [-0.39, 0.29) is 17.7 Å². The molecule has 100 valence electrons. The van der Waals surface area contributed by atoms with Gasteiger partial charge in [0.25, 0.3) is 0 Å². The van der Waals surface area contributed by atoms with Gasteiger partial charge in [-0.1, -0.05) is 37.3 Å². The van der Waals surface area contributed by atoms with E-state index in [2.05, 4.69) is 11.4 Å². The number of nitrogens with two attached hydrogens (primary N) is 1. The van der Waals surface area contributed by atoms with Gasteiger partial charge in [-0.2, -0.15) is 11.3 Å². The van der Waals surface area contributed by atoms with Crippen LogP contribution in [0.1, 0.15) is 30.5 Å². The second-order valence-corrected chi connectivity index (χ2v) is 5.60. The van der Waals surface area contributed by atoms with Crippen molar-refractivity contribution in [3.8, 4) is 0 Å². The molecule has 0 radical (unpaired) electrons. The number of hydrogen-bond donors (Lipinski definition) is 1. The van der Waals surface area contributed by atoms with E-state index >= 15 is 0 Å². The lowest BCUT2D eigenvalue weighted by molar-refractivity contribution is -0.123. The van der Waals surface area contributed by atoms with Crippen LogP contribution in [0.4, 0.5) is 0 Å². The summed E-state index contributed by atoms with van der Waals surface area (Å²) in [5.41, 5.74) is 8.43. The van der Waals surface area contributed by atoms with E-state index in [1.165, 1.54) is 5.56 Å². The highest BCUT2D eigenvalue weighted by Gasteiger charge is 2.21. The van der Waals surface area contributed by atoms with E-state index < -0.39 is 0 Å². The van der Waals surface area contributed by atoms with Crippen LogP contribution >= 0.6 is 11.3 Å². The Hall–Kier alpha value is -1.45. The smallest absolute Gasteiger partial charge is 0.137 e. The van der Waals surface area contributed by atoms with E-state index in [1.807, 2.05) is 42.6 Å². The largest absolute Gasteiger partial charge is 0.323 e. The number of aryl methyl sites for hydroxylation is 1. The maximum Gasteiger partial charge on any atom is 0.137 e. The first kappa shape index (κ1) is 14.0. The van der Waals surface area contributed by atoms with Crippen LogP contribution in [0.5, 0.6) is 0 Å². The Morgan fingerprint density at radius 2 is 2.00 bits per heavy atom. The molecule has 2 rings (SSSR count). The molecule has 0 fully saturated rings. The fraction of sp³-hybridized carbons (Fsp3) is 0.312. The summed E-state index contributed by atoms with van der Waals surface area (Å²) in [7, 11) is 0. The predicted molar refractivity (Wildman–Crippen MR) is 80.2 cm³/mol. The minimum Gasteiger partial charge on any atom is -0.323 e. The molecule has 2 N–H and O–H groups in total. The van der Waals surface area contributed by atoms with Crippen molar-refractivity contribution in [3.05, 3.63) is 58.3 Å². The zero-order valence-electron chi connectivity index (χ0n) is 11.1. The summed E-state index contributed by atoms with van der Waals surface area (Å²) in [6, 6.07) is 11.7. The van der Waals surface area contributed by atoms with Gasteiger partial charge < -0.3 is 5.73 Å². The van der Waals surface area contributed by atoms with E-state index in [4.69, 9.17) is 5.73 Å². The summed E-state index contributed by atoms with van der Waals surface area (Å²) >= 11 is 1.67. The van der Waals surface area contributed by atoms with Crippen molar-refractivity contribution in [2.45, 2.75) is 25.8 Å². The molecule has 2 atom stereocenters. The zero-order valence-corrected chi connectivity index (χ0v) is 11.9. The molecule has 0 aliphatic rings. The quantitative estimate of drug-likeness (QED) is 0.874. The topological polar surface area (TPSA) is 43.1 Å². The van der Waals surface area contributed by atoms with Crippen molar-refractivity contribution < 1.29 is 4.79 Å². The van der Waals surface area contributed by atoms with Gasteiger partial charge in [-0.05, 0) is 34.4 Å². The van der Waals surface area contributed by atoms with Crippen LogP contribution in [0.15, 0.2) is 47.2 Å². The van der Waals surface area contributed by atoms with Crippen LogP contribution in [0.3, 0.4) is 0 Å². The first-order chi connectivity index (χ1) is 9.18. The maximum atomic E-state index is 12.2. The minimum atomic E-state index is -0.212. The lowest BCUT2D eigenvalue weighted by Gasteiger charge is -2.19. The van der Waals surface area contributed by atoms with Crippen LogP contribution < -0.4 is 5.73 Å². The molecule has 19 heavy (non-hydrogen) atoms. The Labute approximate surface area is 118 Å². The zero-order chi connectivity index (χ0) is 13.7. The van der Waals surface area contributed by atoms with E-state index in [1.54, 1.807) is 11.3 Å². The lowest BCUT2D eigenvalue weighted by atomic mass is 9.89. The van der Waals surface area contributed by atoms with Gasteiger partial charge >= 0.3 is 0 Å². The monoisotopic (exact) mass is 273 g/mol. The molecule has 0 bridgehead atoms. The highest BCUT2D eigenvalue weighted by atomic mass is 32.1. The number of thiophene rings is 1. The van der Waals surface area contributed by atoms with Crippen LogP contribution in [-0.4, -0.2) is 5.78 Å². The Morgan fingerprint density at radius 3 is 2.63 bits per heavy atom. The minimum absolute atomic E-state index is 0.138. The van der Waals surface area contributed by atoms with Gasteiger partial charge in [0.05, 0.1) is 0 Å². The molecule has 0 saturated heterocycles. The van der Waals surface area contributed by atoms with Crippen molar-refractivity contribution in [1.29, 1.82) is 0 Å². The molecule has 2 aromatic rings. The first-order valence-electron chi connectivity index (χ1n) is 6.53. The van der Waals surface area contributed by atoms with Crippen molar-refractivity contribution in [3.63, 3.8) is 0 Å². The third-order valence-electron chi connectivity index (χ3n) is 3.47. The summed E-state index contributed by atoms with van der Waals surface area (Å²) in [5, 5.41) is 4.13. The van der Waals surface area contributed by atoms with Crippen molar-refractivity contribution in [2.24, 2.45) is 11.7 Å². The van der Waals surface area contributed by atoms with Gasteiger partial charge in [-0.3, -0.25) is 4.79 Å². The third kappa shape index (κ3) is 3.75. The highest BCUT2D eigenvalue weighted by Crippen LogP contribution is 2.21. The second kappa shape index (κ2) is 6.64. The Kier molecular flexibility index (Phi) is 4.88. The molecule has 0 aliphatic heterocycles. The number of hydrogen-bond acceptors (Lipinski definition) is 3. The average molecular weight is 273 g/mol. The molecule has 2 nitrogen and oxygen atoms in total. The molecular formula is C16H19NOS. The number of carbonyl (C=O) groups excluding carboxylic acids is 1. The van der Waals surface area contributed by atoms with E-state index in [9.17, 15) is 4.79 Å². The molecule has 1 aromatic carbocycles. The fourth-order valence-electron chi connectivity index (χ4n) is 2.09. The molecular weight excluding hydrogens is 254 g/mol. The van der Waals surface area contributed by atoms with Crippen molar-refractivity contribution in [1.82, 2.24) is 0 Å². The average Bonchev–Trinajstić information content (AvgIpc) is 2.97. The van der Waals surface area contributed by atoms with Crippen LogP contribution in [0.2, 0.25) is 0 Å². The van der Waals surface area contributed by atoms with Crippen LogP contribution in [0.25, 0.3) is 0 Å². The van der Waals surface area contributed by atoms with E-state index in [0.29, 0.717) is 6.42 Å². The number of carbonyl (C=O) groups is 1. The van der Waals surface area contributed by atoms with Crippen molar-refractivity contribution in [2.75, 3.05) is 0 Å². The summed E-state index contributed by atoms with van der Waals surface area (Å²) < 4.78 is 0. The van der Waals surface area contributed by atoms with Crippen molar-refractivity contribution >= 4 is 17.1 Å². The maximum absolute atomic E-state index is 12.2. The summed E-state index contributed by atoms with van der Waals surface area (Å²) in [4.78, 5) is 12.2. The first-order valence-corrected chi connectivity index (χ1v) is 7.47. The SMILES string of the molecule is CC(C(=O)CCc1ccsc1)C(N)c1ccccc1. The van der Waals surface area contributed by atoms with E-state index in [0.717, 1.165) is 12.0 Å². The highest BCUT2D eigenvalue weighted by molar-refractivity contribution is 7.07. The molecule has 1 heterocycles. The number of benzene rings is 1. The number of Topliss-reactive ketones (excluding diaryl/α,β-unsaturated/α-hetero) is 1. The Morgan fingerprint density at radius 1 is 1.26 bits per heavy atom. The molecule has 1 aromatic heterocycles. The molecule has 0 aliphatic carbocycles. The van der Waals surface area contributed by atoms with Crippen LogP contribution in [0, 0.1) is 5.92 Å². The normalized spacial score (nSPS) is 14.0. The Balaban J connectivity index is 1.91. The summed E-state index contributed by atoms with van der Waals surface area (Å²) in [5.74, 6) is 0.101. The molecule has 0 spiro atoms. The van der Waals surface area contributed by atoms with Gasteiger partial charge in [0.2, 0.25) is 0 Å². The van der Waals surface area contributed by atoms with Gasteiger partial charge in [0, 0.05) is 18.4 Å². The van der Waals surface area contributed by atoms with Gasteiger partial charge in [-0.25, -0.2) is 0 Å². The van der Waals surface area contributed by atoms with Gasteiger partial charge in [0.1, 0.15) is 5.78 Å². The Bertz CT molecular complexity index is 507. The van der Waals surface area contributed by atoms with Gasteiger partial charge in [0.15, 0.2) is 0 Å². The molecule has 0 saturated carbocycles. The molecule has 0 amide bonds. The lowest BCUT2D eigenvalue weighted by Crippen LogP contribution is -2.26. The summed E-state index contributed by atoms with van der Waals surface area (Å²) in [6.45, 7) is 1.92. The molecule has 2 unspecified atom stereocenters. The summed E-state index contributed by atoms with van der Waals surface area (Å²) in [6.07, 6.45) is 1.38. The van der Waals surface area contributed by atoms with Gasteiger partial charge in [-0.15, -0.1) is 0 Å². The standard InChI is InChI=1S/C16H19NOS/c1-12(16(17)14-5-3-2-4-6-14)15(18)8-7-13-9-10-19-11-13/h2-6,9-12,16H,7-8,17H2,1H3.